The molecular formula is C14H12N2Na2O6S2. The number of carbonyl (C=O) groups excluding carboxylic acids is 4. The van der Waals surface area contributed by atoms with Gasteiger partial charge in [0.25, 0.3) is 0 Å². The molecule has 0 spiro atoms. The molecule has 2 amide bonds. The van der Waals surface area contributed by atoms with Crippen molar-refractivity contribution in [1.29, 1.82) is 0 Å². The van der Waals surface area contributed by atoms with E-state index in [0.29, 0.717) is 24.3 Å². The van der Waals surface area contributed by atoms with Crippen LogP contribution in [0.1, 0.15) is 12.8 Å². The van der Waals surface area contributed by atoms with Crippen LogP contribution in [0, 0.1) is 0 Å². The molecule has 4 rings (SSSR count). The number of hydrogen-bond acceptors (Lipinski definition) is 8. The maximum Gasteiger partial charge on any atom is 1.00 e. The van der Waals surface area contributed by atoms with E-state index in [1.54, 1.807) is 23.5 Å². The Labute approximate surface area is 202 Å². The van der Waals surface area contributed by atoms with Crippen molar-refractivity contribution in [3.63, 3.8) is 0 Å². The van der Waals surface area contributed by atoms with Gasteiger partial charge in [-0.15, -0.1) is 23.5 Å². The van der Waals surface area contributed by atoms with Gasteiger partial charge in [-0.05, 0) is 12.2 Å². The average Bonchev–Trinajstić information content (AvgIpc) is 2.52. The van der Waals surface area contributed by atoms with Crippen LogP contribution in [-0.2, 0) is 19.2 Å². The van der Waals surface area contributed by atoms with Crippen molar-refractivity contribution in [2.75, 3.05) is 11.5 Å². The van der Waals surface area contributed by atoms with Crippen molar-refractivity contribution in [2.24, 2.45) is 0 Å². The summed E-state index contributed by atoms with van der Waals surface area (Å²) >= 11 is 3.15. The molecule has 0 bridgehead atoms. The zero-order chi connectivity index (χ0) is 17.4. The number of nitrogens with zero attached hydrogens (tertiary/aromatic N) is 2. The summed E-state index contributed by atoms with van der Waals surface area (Å²) in [6, 6.07) is 0. The number of aliphatic carboxylic acids is 2. The van der Waals surface area contributed by atoms with Gasteiger partial charge < -0.3 is 19.8 Å². The molecule has 0 aliphatic carbocycles. The number of carboxylic acids is 2. The maximum atomic E-state index is 11.0. The van der Waals surface area contributed by atoms with Gasteiger partial charge in [0.2, 0.25) is 11.8 Å². The zero-order valence-electron chi connectivity index (χ0n) is 14.3. The molecule has 0 aromatic carbocycles. The fraction of sp³-hybridized carbons (Fsp3) is 0.429. The predicted molar refractivity (Wildman–Crippen MR) is 81.6 cm³/mol. The van der Waals surface area contributed by atoms with Crippen LogP contribution >= 0.6 is 23.5 Å². The first-order chi connectivity index (χ1) is 11.4. The number of carboxylic acid groups (broad SMARTS) is 2. The molecule has 0 aromatic rings. The summed E-state index contributed by atoms with van der Waals surface area (Å²) in [5.41, 5.74) is 0.0741. The van der Waals surface area contributed by atoms with Crippen LogP contribution in [0.25, 0.3) is 0 Å². The van der Waals surface area contributed by atoms with E-state index in [0.717, 1.165) is 0 Å². The van der Waals surface area contributed by atoms with Crippen molar-refractivity contribution in [1.82, 2.24) is 9.80 Å². The standard InChI is InChI=1S/2C7H7NO3S.2Na/c2*9-5-3-6-8(5)4(7(10)11)1-2-12-6;;/h2*1,6H,2-3H2,(H,10,11);;/q;;2*+1/p-2/t2*6-;;/m11../s1. The van der Waals surface area contributed by atoms with Gasteiger partial charge in [0.05, 0.1) is 46.9 Å². The minimum Gasteiger partial charge on any atom is -0.543 e. The number of hydrogen-bond donors (Lipinski definition) is 0. The van der Waals surface area contributed by atoms with E-state index in [1.807, 2.05) is 0 Å². The van der Waals surface area contributed by atoms with Crippen molar-refractivity contribution in [3.8, 4) is 0 Å². The molecule has 2 fully saturated rings. The summed E-state index contributed by atoms with van der Waals surface area (Å²) in [7, 11) is 0. The summed E-state index contributed by atoms with van der Waals surface area (Å²) in [4.78, 5) is 45.5. The number of fused-ring (bicyclic) bond motifs is 2. The number of rotatable bonds is 2. The quantitative estimate of drug-likeness (QED) is 0.323. The molecule has 4 aliphatic rings. The Morgan fingerprint density at radius 3 is 1.42 bits per heavy atom. The Bertz CT molecular complexity index is 641. The molecule has 8 nitrogen and oxygen atoms in total. The first-order valence-electron chi connectivity index (χ1n) is 7.10. The van der Waals surface area contributed by atoms with Crippen LogP contribution in [0.2, 0.25) is 0 Å². The molecule has 128 valence electrons. The first-order valence-corrected chi connectivity index (χ1v) is 9.20. The average molecular weight is 414 g/mol. The Morgan fingerprint density at radius 2 is 1.19 bits per heavy atom. The smallest absolute Gasteiger partial charge is 0.543 e. The van der Waals surface area contributed by atoms with Gasteiger partial charge >= 0.3 is 59.1 Å². The van der Waals surface area contributed by atoms with Gasteiger partial charge in [-0.1, -0.05) is 0 Å². The Balaban J connectivity index is 0.000000241. The molecule has 4 aliphatic heterocycles. The van der Waals surface area contributed by atoms with Crippen LogP contribution in [0.15, 0.2) is 23.5 Å². The van der Waals surface area contributed by atoms with Crippen LogP contribution in [0.5, 0.6) is 0 Å². The largest absolute Gasteiger partial charge is 1.00 e. The molecule has 0 aromatic heterocycles. The first kappa shape index (κ1) is 24.1. The molecule has 12 heteroatoms. The third-order valence-corrected chi connectivity index (χ3v) is 6.12. The van der Waals surface area contributed by atoms with Crippen molar-refractivity contribution >= 4 is 47.3 Å². The molecule has 2 saturated heterocycles. The second-order valence-electron chi connectivity index (χ2n) is 5.27. The fourth-order valence-corrected chi connectivity index (χ4v) is 4.89. The number of carbonyl (C=O) groups is 4. The molecule has 4 heterocycles. The second-order valence-corrected chi connectivity index (χ2v) is 7.69. The van der Waals surface area contributed by atoms with Gasteiger partial charge in [0, 0.05) is 11.5 Å². The van der Waals surface area contributed by atoms with Crippen molar-refractivity contribution in [2.45, 2.75) is 23.6 Å². The molecular weight excluding hydrogens is 402 g/mol. The number of amides is 2. The van der Waals surface area contributed by atoms with Crippen molar-refractivity contribution < 1.29 is 88.5 Å². The van der Waals surface area contributed by atoms with E-state index in [1.165, 1.54) is 22.0 Å². The Morgan fingerprint density at radius 1 is 0.846 bits per heavy atom. The molecule has 0 radical (unpaired) electrons. The summed E-state index contributed by atoms with van der Waals surface area (Å²) < 4.78 is 0. The summed E-state index contributed by atoms with van der Waals surface area (Å²) in [6.07, 6.45) is 3.95. The van der Waals surface area contributed by atoms with E-state index < -0.39 is 11.9 Å². The third kappa shape index (κ3) is 4.72. The summed E-state index contributed by atoms with van der Waals surface area (Å²) in [5, 5.41) is 21.1. The SMILES string of the molecule is O=C([O-])C1=CCS[C@@H]2CC(=O)N12.O=C([O-])C1=CCS[C@@H]2CC(=O)N12.[Na+].[Na+]. The molecule has 2 atom stereocenters. The number of β-lactam (4-membered cyclic amide) rings is 2. The number of thioether (sulfide) groups is 2. The van der Waals surface area contributed by atoms with E-state index in [9.17, 15) is 29.4 Å². The minimum atomic E-state index is -1.26. The third-order valence-electron chi connectivity index (χ3n) is 3.88. The second kappa shape index (κ2) is 10.0. The molecule has 26 heavy (non-hydrogen) atoms. The Hall–Kier alpha value is 0.0600. The molecule has 0 N–H and O–H groups in total. The van der Waals surface area contributed by atoms with Gasteiger partial charge in [0.15, 0.2) is 0 Å². The maximum absolute atomic E-state index is 11.0. The predicted octanol–water partition coefficient (Wildman–Crippen LogP) is -8.14. The van der Waals surface area contributed by atoms with Gasteiger partial charge in [-0.2, -0.15) is 0 Å². The van der Waals surface area contributed by atoms with E-state index in [-0.39, 0.29) is 93.1 Å². The van der Waals surface area contributed by atoms with Crippen LogP contribution in [0.4, 0.5) is 0 Å². The monoisotopic (exact) mass is 414 g/mol. The van der Waals surface area contributed by atoms with E-state index >= 15 is 0 Å². The molecule has 0 saturated carbocycles. The summed E-state index contributed by atoms with van der Waals surface area (Å²) in [6.45, 7) is 0. The zero-order valence-corrected chi connectivity index (χ0v) is 19.9. The van der Waals surface area contributed by atoms with Crippen molar-refractivity contribution in [3.05, 3.63) is 23.5 Å². The molecule has 0 unspecified atom stereocenters. The van der Waals surface area contributed by atoms with Gasteiger partial charge in [-0.25, -0.2) is 0 Å². The summed E-state index contributed by atoms with van der Waals surface area (Å²) in [5.74, 6) is -1.46. The van der Waals surface area contributed by atoms with Gasteiger partial charge in [0.1, 0.15) is 0 Å². The van der Waals surface area contributed by atoms with Crippen LogP contribution < -0.4 is 69.3 Å². The minimum absolute atomic E-state index is 0. The fourth-order valence-electron chi connectivity index (χ4n) is 2.66. The van der Waals surface area contributed by atoms with Gasteiger partial charge in [-0.3, -0.25) is 19.4 Å². The van der Waals surface area contributed by atoms with E-state index in [4.69, 9.17) is 0 Å². The van der Waals surface area contributed by atoms with Crippen LogP contribution in [-0.4, -0.2) is 55.8 Å². The van der Waals surface area contributed by atoms with E-state index in [2.05, 4.69) is 0 Å². The topological polar surface area (TPSA) is 121 Å². The Kier molecular flexibility index (Phi) is 9.28. The van der Waals surface area contributed by atoms with Crippen LogP contribution in [0.3, 0.4) is 0 Å². The normalized spacial score (nSPS) is 25.2.